The number of carboxylic acids is 1. The summed E-state index contributed by atoms with van der Waals surface area (Å²) in [6.45, 7) is 2.84. The first-order valence-electron chi connectivity index (χ1n) is 7.05. The molecule has 0 aromatic heterocycles. The zero-order valence-corrected chi connectivity index (χ0v) is 14.2. The van der Waals surface area contributed by atoms with Crippen molar-refractivity contribution in [1.29, 1.82) is 0 Å². The molecule has 1 aromatic rings. The third-order valence-corrected chi connectivity index (χ3v) is 3.24. The molecule has 1 unspecified atom stereocenters. The van der Waals surface area contributed by atoms with Crippen LogP contribution in [0.1, 0.15) is 12.5 Å². The number of carboxylic acid groups (broad SMARTS) is 1. The Morgan fingerprint density at radius 2 is 1.78 bits per heavy atom. The molecular weight excluding hydrogens is 345 g/mol. The second kappa shape index (κ2) is 10.4. The number of amides is 1. The number of halogens is 2. The SMILES string of the molecule is CCOCCOCC(=O)NC(Cc1cc(Cl)cc(Cl)c1)C(=O)O. The average molecular weight is 364 g/mol. The fourth-order valence-electron chi connectivity index (χ4n) is 1.83. The van der Waals surface area contributed by atoms with Crippen molar-refractivity contribution in [3.8, 4) is 0 Å². The van der Waals surface area contributed by atoms with Crippen LogP contribution in [0.25, 0.3) is 0 Å². The summed E-state index contributed by atoms with van der Waals surface area (Å²) in [6.07, 6.45) is 0.0697. The van der Waals surface area contributed by atoms with E-state index < -0.39 is 17.9 Å². The Balaban J connectivity index is 2.51. The number of benzene rings is 1. The van der Waals surface area contributed by atoms with Gasteiger partial charge in [-0.2, -0.15) is 0 Å². The van der Waals surface area contributed by atoms with Gasteiger partial charge in [0.1, 0.15) is 12.6 Å². The first kappa shape index (κ1) is 19.7. The highest BCUT2D eigenvalue weighted by molar-refractivity contribution is 6.34. The third kappa shape index (κ3) is 8.18. The number of nitrogens with one attached hydrogen (secondary N) is 1. The first-order valence-corrected chi connectivity index (χ1v) is 7.80. The van der Waals surface area contributed by atoms with E-state index in [1.54, 1.807) is 18.2 Å². The summed E-state index contributed by atoms with van der Waals surface area (Å²) in [6, 6.07) is 3.67. The summed E-state index contributed by atoms with van der Waals surface area (Å²) >= 11 is 11.8. The Labute approximate surface area is 144 Å². The minimum atomic E-state index is -1.15. The number of hydrogen-bond acceptors (Lipinski definition) is 4. The summed E-state index contributed by atoms with van der Waals surface area (Å²) < 4.78 is 10.2. The highest BCUT2D eigenvalue weighted by Gasteiger charge is 2.20. The molecule has 2 N–H and O–H groups in total. The average Bonchev–Trinajstić information content (AvgIpc) is 2.45. The first-order chi connectivity index (χ1) is 10.9. The Bertz CT molecular complexity index is 518. The predicted octanol–water partition coefficient (Wildman–Crippen LogP) is 2.16. The van der Waals surface area contributed by atoms with Crippen LogP contribution in [0, 0.1) is 0 Å². The quantitative estimate of drug-likeness (QED) is 0.622. The van der Waals surface area contributed by atoms with Crippen LogP contribution in [-0.4, -0.2) is 49.5 Å². The zero-order valence-electron chi connectivity index (χ0n) is 12.7. The van der Waals surface area contributed by atoms with Crippen molar-refractivity contribution in [1.82, 2.24) is 5.32 Å². The lowest BCUT2D eigenvalue weighted by Crippen LogP contribution is -2.44. The van der Waals surface area contributed by atoms with Gasteiger partial charge in [-0.1, -0.05) is 23.2 Å². The van der Waals surface area contributed by atoms with E-state index in [9.17, 15) is 14.7 Å². The maximum atomic E-state index is 11.7. The molecule has 128 valence electrons. The van der Waals surface area contributed by atoms with E-state index in [-0.39, 0.29) is 19.6 Å². The highest BCUT2D eigenvalue weighted by atomic mass is 35.5. The molecule has 0 aliphatic rings. The Hall–Kier alpha value is -1.34. The molecule has 8 heteroatoms. The van der Waals surface area contributed by atoms with Gasteiger partial charge in [0.2, 0.25) is 5.91 Å². The topological polar surface area (TPSA) is 84.9 Å². The second-order valence-corrected chi connectivity index (χ2v) is 5.56. The number of carbonyl (C=O) groups excluding carboxylic acids is 1. The van der Waals surface area contributed by atoms with Crippen molar-refractivity contribution in [3.63, 3.8) is 0 Å². The lowest BCUT2D eigenvalue weighted by Gasteiger charge is -2.15. The van der Waals surface area contributed by atoms with Gasteiger partial charge in [-0.3, -0.25) is 4.79 Å². The molecule has 6 nitrogen and oxygen atoms in total. The van der Waals surface area contributed by atoms with Gasteiger partial charge in [-0.25, -0.2) is 4.79 Å². The molecule has 23 heavy (non-hydrogen) atoms. The number of rotatable bonds is 10. The molecular formula is C15H19Cl2NO5. The molecule has 0 bridgehead atoms. The van der Waals surface area contributed by atoms with Crippen molar-refractivity contribution < 1.29 is 24.2 Å². The molecule has 0 aliphatic heterocycles. The molecule has 0 radical (unpaired) electrons. The van der Waals surface area contributed by atoms with Crippen LogP contribution >= 0.6 is 23.2 Å². The zero-order chi connectivity index (χ0) is 17.2. The number of ether oxygens (including phenoxy) is 2. The normalized spacial score (nSPS) is 12.0. The Morgan fingerprint density at radius 1 is 1.17 bits per heavy atom. The lowest BCUT2D eigenvalue weighted by atomic mass is 10.1. The molecule has 0 saturated carbocycles. The van der Waals surface area contributed by atoms with E-state index in [1.165, 1.54) is 0 Å². The van der Waals surface area contributed by atoms with E-state index in [4.69, 9.17) is 32.7 Å². The van der Waals surface area contributed by atoms with E-state index in [0.29, 0.717) is 28.8 Å². The molecule has 1 aromatic carbocycles. The van der Waals surface area contributed by atoms with Gasteiger partial charge in [0.15, 0.2) is 0 Å². The van der Waals surface area contributed by atoms with E-state index in [0.717, 1.165) is 0 Å². The van der Waals surface area contributed by atoms with Gasteiger partial charge in [0, 0.05) is 23.1 Å². The largest absolute Gasteiger partial charge is 0.480 e. The maximum absolute atomic E-state index is 11.7. The van der Waals surface area contributed by atoms with Crippen LogP contribution in [0.2, 0.25) is 10.0 Å². The second-order valence-electron chi connectivity index (χ2n) is 4.69. The van der Waals surface area contributed by atoms with Crippen molar-refractivity contribution in [3.05, 3.63) is 33.8 Å². The molecule has 0 saturated heterocycles. The summed E-state index contributed by atoms with van der Waals surface area (Å²) in [5.74, 6) is -1.66. The van der Waals surface area contributed by atoms with E-state index in [1.807, 2.05) is 6.92 Å². The van der Waals surface area contributed by atoms with Crippen LogP contribution in [-0.2, 0) is 25.5 Å². The van der Waals surface area contributed by atoms with Gasteiger partial charge >= 0.3 is 5.97 Å². The molecule has 0 heterocycles. The fraction of sp³-hybridized carbons (Fsp3) is 0.467. The molecule has 0 spiro atoms. The van der Waals surface area contributed by atoms with Crippen LogP contribution < -0.4 is 5.32 Å². The fourth-order valence-corrected chi connectivity index (χ4v) is 2.40. The van der Waals surface area contributed by atoms with Gasteiger partial charge < -0.3 is 19.9 Å². The standard InChI is InChI=1S/C15H19Cl2NO5/c1-2-22-3-4-23-9-14(19)18-13(15(20)21)7-10-5-11(16)8-12(17)6-10/h5-6,8,13H,2-4,7,9H2,1H3,(H,18,19)(H,20,21). The van der Waals surface area contributed by atoms with Gasteiger partial charge in [-0.05, 0) is 30.7 Å². The van der Waals surface area contributed by atoms with Crippen LogP contribution in [0.3, 0.4) is 0 Å². The minimum Gasteiger partial charge on any atom is -0.480 e. The smallest absolute Gasteiger partial charge is 0.326 e. The predicted molar refractivity (Wildman–Crippen MR) is 87.0 cm³/mol. The Morgan fingerprint density at radius 3 is 2.35 bits per heavy atom. The number of carbonyl (C=O) groups is 2. The van der Waals surface area contributed by atoms with E-state index in [2.05, 4.69) is 5.32 Å². The third-order valence-electron chi connectivity index (χ3n) is 2.80. The van der Waals surface area contributed by atoms with Crippen LogP contribution in [0.15, 0.2) is 18.2 Å². The number of aliphatic carboxylic acids is 1. The molecule has 1 rings (SSSR count). The highest BCUT2D eigenvalue weighted by Crippen LogP contribution is 2.20. The van der Waals surface area contributed by atoms with Gasteiger partial charge in [0.25, 0.3) is 0 Å². The van der Waals surface area contributed by atoms with E-state index >= 15 is 0 Å². The monoisotopic (exact) mass is 363 g/mol. The summed E-state index contributed by atoms with van der Waals surface area (Å²) in [7, 11) is 0. The van der Waals surface area contributed by atoms with Crippen molar-refractivity contribution in [2.24, 2.45) is 0 Å². The Kier molecular flexibility index (Phi) is 8.94. The summed E-state index contributed by atoms with van der Waals surface area (Å²) in [5.41, 5.74) is 0.618. The van der Waals surface area contributed by atoms with Crippen molar-refractivity contribution in [2.45, 2.75) is 19.4 Å². The van der Waals surface area contributed by atoms with Crippen molar-refractivity contribution >= 4 is 35.1 Å². The summed E-state index contributed by atoms with van der Waals surface area (Å²) in [4.78, 5) is 23.0. The van der Waals surface area contributed by atoms with Gasteiger partial charge in [-0.15, -0.1) is 0 Å². The molecule has 1 amide bonds. The lowest BCUT2D eigenvalue weighted by molar-refractivity contribution is -0.142. The molecule has 1 atom stereocenters. The minimum absolute atomic E-state index is 0.0697. The van der Waals surface area contributed by atoms with Gasteiger partial charge in [0.05, 0.1) is 13.2 Å². The van der Waals surface area contributed by atoms with Crippen LogP contribution in [0.4, 0.5) is 0 Å². The van der Waals surface area contributed by atoms with Crippen LogP contribution in [0.5, 0.6) is 0 Å². The maximum Gasteiger partial charge on any atom is 0.326 e. The molecule has 0 aliphatic carbocycles. The number of hydrogen-bond donors (Lipinski definition) is 2. The summed E-state index contributed by atoms with van der Waals surface area (Å²) in [5, 5.41) is 12.4. The molecule has 0 fully saturated rings. The van der Waals surface area contributed by atoms with Crippen molar-refractivity contribution in [2.75, 3.05) is 26.4 Å².